The number of esters is 2. The van der Waals surface area contributed by atoms with Crippen LogP contribution >= 0.6 is 0 Å². The third kappa shape index (κ3) is 3.65. The molecule has 0 heterocycles. The van der Waals surface area contributed by atoms with Gasteiger partial charge in [-0.05, 0) is 73.5 Å². The maximum Gasteiger partial charge on any atom is 0.345 e. The lowest BCUT2D eigenvalue weighted by molar-refractivity contribution is -0.179. The molecule has 0 unspecified atom stereocenters. The highest BCUT2D eigenvalue weighted by Crippen LogP contribution is 2.67. The van der Waals surface area contributed by atoms with Crippen LogP contribution in [0, 0.1) is 40.4 Å². The molecule has 1 N–H and O–H groups in total. The molecule has 0 saturated heterocycles. The smallest absolute Gasteiger partial charge is 0.345 e. The van der Waals surface area contributed by atoms with Crippen molar-refractivity contribution in [3.8, 4) is 0 Å². The molecule has 0 aromatic carbocycles. The fraction of sp³-hybridized carbons (Fsp3) is 0.840. The molecule has 0 aromatic heterocycles. The minimum absolute atomic E-state index is 0.0200. The number of ketones is 1. The van der Waals surface area contributed by atoms with Crippen LogP contribution in [0.2, 0.25) is 0 Å². The molecule has 0 aromatic rings. The van der Waals surface area contributed by atoms with Crippen molar-refractivity contribution >= 4 is 23.7 Å². The van der Waals surface area contributed by atoms with E-state index in [1.54, 1.807) is 0 Å². The highest BCUT2D eigenvalue weighted by molar-refractivity contribution is 5.85. The molecule has 0 bridgehead atoms. The summed E-state index contributed by atoms with van der Waals surface area (Å²) in [6.07, 6.45) is 5.08. The summed E-state index contributed by atoms with van der Waals surface area (Å²) < 4.78 is 10.7. The van der Waals surface area contributed by atoms with Gasteiger partial charge in [-0.15, -0.1) is 0 Å². The standard InChI is InChI=1S/C25H36O7/c1-13(26)31-16-9-10-24(3)15(11-16)5-6-17-18-7-8-19(22(23(29)30)32-14(2)27)25(18,4)12-20(28)21(17)24/h15-19,21-22H,5-12H2,1-4H3,(H,29,30)/t15-,16-,17+,18-,19+,21-,22+,24+,25-/m1/s1. The predicted molar refractivity (Wildman–Crippen MR) is 114 cm³/mol. The highest BCUT2D eigenvalue weighted by Gasteiger charge is 2.65. The Kier molecular flexibility index (Phi) is 5.91. The van der Waals surface area contributed by atoms with Gasteiger partial charge in [0, 0.05) is 32.1 Å². The fourth-order valence-electron chi connectivity index (χ4n) is 8.39. The zero-order chi connectivity index (χ0) is 23.4. The predicted octanol–water partition coefficient (Wildman–Crippen LogP) is 3.77. The van der Waals surface area contributed by atoms with Crippen molar-refractivity contribution in [3.05, 3.63) is 0 Å². The molecule has 0 aliphatic heterocycles. The second kappa shape index (κ2) is 8.14. The summed E-state index contributed by atoms with van der Waals surface area (Å²) in [4.78, 5) is 48.7. The van der Waals surface area contributed by atoms with Crippen molar-refractivity contribution in [2.45, 2.75) is 91.3 Å². The third-order valence-electron chi connectivity index (χ3n) is 9.61. The van der Waals surface area contributed by atoms with Crippen LogP contribution in [0.1, 0.15) is 79.1 Å². The first-order valence-electron chi connectivity index (χ1n) is 12.1. The number of hydrogen-bond acceptors (Lipinski definition) is 6. The second-order valence-corrected chi connectivity index (χ2v) is 11.2. The van der Waals surface area contributed by atoms with Crippen molar-refractivity contribution in [3.63, 3.8) is 0 Å². The lowest BCUT2D eigenvalue weighted by atomic mass is 9.44. The first kappa shape index (κ1) is 23.2. The topological polar surface area (TPSA) is 107 Å². The molecule has 178 valence electrons. The number of ether oxygens (including phenoxy) is 2. The molecular formula is C25H36O7. The van der Waals surface area contributed by atoms with Crippen LogP contribution in [-0.2, 0) is 28.7 Å². The van der Waals surface area contributed by atoms with E-state index in [9.17, 15) is 24.3 Å². The Bertz CT molecular complexity index is 821. The van der Waals surface area contributed by atoms with E-state index < -0.39 is 23.5 Å². The van der Waals surface area contributed by atoms with Crippen LogP contribution in [0.15, 0.2) is 0 Å². The van der Waals surface area contributed by atoms with E-state index in [0.29, 0.717) is 18.8 Å². The van der Waals surface area contributed by atoms with Gasteiger partial charge in [-0.1, -0.05) is 13.8 Å². The van der Waals surface area contributed by atoms with Gasteiger partial charge in [0.05, 0.1) is 0 Å². The van der Waals surface area contributed by atoms with E-state index in [4.69, 9.17) is 9.47 Å². The number of carboxylic acid groups (broad SMARTS) is 1. The number of fused-ring (bicyclic) bond motifs is 5. The Balaban J connectivity index is 1.59. The Hall–Kier alpha value is -1.92. The van der Waals surface area contributed by atoms with Gasteiger partial charge in [-0.25, -0.2) is 4.79 Å². The summed E-state index contributed by atoms with van der Waals surface area (Å²) in [5.41, 5.74) is -0.562. The van der Waals surface area contributed by atoms with Gasteiger partial charge in [-0.2, -0.15) is 0 Å². The lowest BCUT2D eigenvalue weighted by Crippen LogP contribution is -2.58. The number of aliphatic carboxylic acids is 1. The molecule has 7 heteroatoms. The number of hydrogen-bond donors (Lipinski definition) is 1. The zero-order valence-corrected chi connectivity index (χ0v) is 19.6. The Morgan fingerprint density at radius 3 is 2.34 bits per heavy atom. The number of carbonyl (C=O) groups excluding carboxylic acids is 3. The zero-order valence-electron chi connectivity index (χ0n) is 19.6. The monoisotopic (exact) mass is 448 g/mol. The van der Waals surface area contributed by atoms with Crippen LogP contribution in [0.3, 0.4) is 0 Å². The Morgan fingerprint density at radius 2 is 1.72 bits per heavy atom. The first-order chi connectivity index (χ1) is 15.0. The minimum Gasteiger partial charge on any atom is -0.478 e. The molecule has 0 spiro atoms. The van der Waals surface area contributed by atoms with Crippen molar-refractivity contribution in [1.29, 1.82) is 0 Å². The maximum atomic E-state index is 13.7. The average Bonchev–Trinajstić information content (AvgIpc) is 3.01. The second-order valence-electron chi connectivity index (χ2n) is 11.2. The summed E-state index contributed by atoms with van der Waals surface area (Å²) in [6.45, 7) is 6.99. The first-order valence-corrected chi connectivity index (χ1v) is 12.1. The van der Waals surface area contributed by atoms with Gasteiger partial charge in [0.25, 0.3) is 0 Å². The fourth-order valence-corrected chi connectivity index (χ4v) is 8.39. The summed E-state index contributed by atoms with van der Waals surface area (Å²) in [5.74, 6) is -1.22. The van der Waals surface area contributed by atoms with Crippen molar-refractivity contribution < 1.29 is 33.8 Å². The quantitative estimate of drug-likeness (QED) is 0.652. The Morgan fingerprint density at radius 1 is 1.00 bits per heavy atom. The SMILES string of the molecule is CC(=O)O[C@@H]1CC[C@@]2(C)[C@H](CC[C@H]3[C@H]4CC[C@@H]([C@H](OC(C)=O)C(=O)O)[C@]4(C)CC(=O)[C@@H]32)C1. The molecule has 0 radical (unpaired) electrons. The number of carboxylic acids is 1. The summed E-state index contributed by atoms with van der Waals surface area (Å²) in [7, 11) is 0. The Labute approximate surface area is 189 Å². The minimum atomic E-state index is -1.20. The molecule has 4 aliphatic carbocycles. The van der Waals surface area contributed by atoms with Gasteiger partial charge >= 0.3 is 17.9 Å². The molecule has 4 aliphatic rings. The molecular weight excluding hydrogens is 412 g/mol. The van der Waals surface area contributed by atoms with E-state index in [-0.39, 0.29) is 46.9 Å². The van der Waals surface area contributed by atoms with E-state index in [1.165, 1.54) is 13.8 Å². The number of rotatable bonds is 4. The summed E-state index contributed by atoms with van der Waals surface area (Å²) in [5, 5.41) is 9.77. The molecule has 4 saturated carbocycles. The normalized spacial score (nSPS) is 43.9. The van der Waals surface area contributed by atoms with Crippen LogP contribution in [0.5, 0.6) is 0 Å². The van der Waals surface area contributed by atoms with Crippen molar-refractivity contribution in [2.75, 3.05) is 0 Å². The summed E-state index contributed by atoms with van der Waals surface area (Å²) >= 11 is 0. The number of carbonyl (C=O) groups is 4. The molecule has 4 fully saturated rings. The largest absolute Gasteiger partial charge is 0.478 e. The molecule has 4 rings (SSSR count). The van der Waals surface area contributed by atoms with Crippen molar-refractivity contribution in [1.82, 2.24) is 0 Å². The molecule has 0 amide bonds. The highest BCUT2D eigenvalue weighted by atomic mass is 16.6. The van der Waals surface area contributed by atoms with Crippen LogP contribution in [0.4, 0.5) is 0 Å². The molecule has 9 atom stereocenters. The lowest BCUT2D eigenvalue weighted by Gasteiger charge is -2.60. The van der Waals surface area contributed by atoms with Gasteiger partial charge < -0.3 is 14.6 Å². The third-order valence-corrected chi connectivity index (χ3v) is 9.61. The van der Waals surface area contributed by atoms with Crippen LogP contribution in [0.25, 0.3) is 0 Å². The maximum absolute atomic E-state index is 13.7. The van der Waals surface area contributed by atoms with Gasteiger partial charge in [-0.3, -0.25) is 14.4 Å². The molecule has 7 nitrogen and oxygen atoms in total. The number of Topliss-reactive ketones (excluding diaryl/α,β-unsaturated/α-hetero) is 1. The van der Waals surface area contributed by atoms with E-state index in [1.807, 2.05) is 0 Å². The molecule has 32 heavy (non-hydrogen) atoms. The van der Waals surface area contributed by atoms with Gasteiger partial charge in [0.15, 0.2) is 0 Å². The van der Waals surface area contributed by atoms with Gasteiger partial charge in [0.1, 0.15) is 11.9 Å². The van der Waals surface area contributed by atoms with Crippen LogP contribution < -0.4 is 0 Å². The van der Waals surface area contributed by atoms with E-state index >= 15 is 0 Å². The van der Waals surface area contributed by atoms with Gasteiger partial charge in [0.2, 0.25) is 6.10 Å². The summed E-state index contributed by atoms with van der Waals surface area (Å²) in [6, 6.07) is 0. The van der Waals surface area contributed by atoms with Crippen molar-refractivity contribution in [2.24, 2.45) is 40.4 Å². The average molecular weight is 449 g/mol. The van der Waals surface area contributed by atoms with E-state index in [2.05, 4.69) is 13.8 Å². The van der Waals surface area contributed by atoms with Crippen LogP contribution in [-0.4, -0.2) is 41.0 Å². The van der Waals surface area contributed by atoms with E-state index in [0.717, 1.165) is 38.5 Å².